The number of benzene rings is 2. The minimum atomic E-state index is 0.529. The summed E-state index contributed by atoms with van der Waals surface area (Å²) in [6.45, 7) is 8.88. The Morgan fingerprint density at radius 2 is 1.00 bits per heavy atom. The Labute approximate surface area is 230 Å². The molecule has 6 nitrogen and oxygen atoms in total. The average molecular weight is 539 g/mol. The summed E-state index contributed by atoms with van der Waals surface area (Å²) in [7, 11) is 0. The van der Waals surface area contributed by atoms with Gasteiger partial charge in [-0.2, -0.15) is 10.2 Å². The maximum Gasteiger partial charge on any atom is 0.156 e. The summed E-state index contributed by atoms with van der Waals surface area (Å²) in [5, 5.41) is 11.8. The van der Waals surface area contributed by atoms with Crippen LogP contribution in [0.3, 0.4) is 0 Å². The largest absolute Gasteiger partial charge is 0.230 e. The van der Waals surface area contributed by atoms with Crippen LogP contribution in [0.15, 0.2) is 72.8 Å². The topological polar surface area (TPSA) is 61.4 Å². The molecule has 0 aliphatic rings. The van der Waals surface area contributed by atoms with Gasteiger partial charge in [0, 0.05) is 0 Å². The Morgan fingerprint density at radius 3 is 1.37 bits per heavy atom. The number of hydrogen-bond donors (Lipinski definition) is 0. The monoisotopic (exact) mass is 538 g/mol. The van der Waals surface area contributed by atoms with Crippen LogP contribution in [-0.2, 0) is 12.8 Å². The van der Waals surface area contributed by atoms with Gasteiger partial charge in [-0.05, 0) is 61.1 Å². The van der Waals surface area contributed by atoms with E-state index in [1.807, 2.05) is 45.8 Å². The molecule has 0 atom stereocenters. The molecular formula is C30H30N6S2. The molecule has 38 heavy (non-hydrogen) atoms. The lowest BCUT2D eigenvalue weighted by Gasteiger charge is -2.05. The normalized spacial score (nSPS) is 11.8. The van der Waals surface area contributed by atoms with Gasteiger partial charge in [0.05, 0.1) is 22.8 Å². The quantitative estimate of drug-likeness (QED) is 0.198. The summed E-state index contributed by atoms with van der Waals surface area (Å²) in [6, 6.07) is 24.9. The molecule has 4 aromatic heterocycles. The first-order valence-electron chi connectivity index (χ1n) is 13.0. The van der Waals surface area contributed by atoms with Crippen LogP contribution in [0.1, 0.15) is 39.1 Å². The zero-order valence-corrected chi connectivity index (χ0v) is 23.6. The molecule has 4 heterocycles. The molecule has 0 spiro atoms. The molecule has 0 unspecified atom stereocenters. The molecule has 0 aliphatic heterocycles. The van der Waals surface area contributed by atoms with Gasteiger partial charge in [-0.3, -0.25) is 0 Å². The van der Waals surface area contributed by atoms with Crippen LogP contribution in [0.2, 0.25) is 0 Å². The SMILES string of the molecule is CC(C)Cc1cc(-c2nc3sc(-c4cc(CC(C)C)nn4-c4ccccc4)nc3s2)n(-c2ccccc2)n1. The molecule has 6 rings (SSSR count). The molecule has 0 amide bonds. The van der Waals surface area contributed by atoms with Gasteiger partial charge in [-0.25, -0.2) is 19.3 Å². The highest BCUT2D eigenvalue weighted by atomic mass is 32.1. The van der Waals surface area contributed by atoms with E-state index in [1.54, 1.807) is 22.7 Å². The standard InChI is InChI=1S/C30H30N6S2/c1-19(2)15-21-17-25(35(33-21)23-11-7-5-8-12-23)27-31-29-30(37-27)32-28(38-29)26-18-22(16-20(3)4)34-36(26)24-13-9-6-10-14-24/h5-14,17-20H,15-16H2,1-4H3. The van der Waals surface area contributed by atoms with Gasteiger partial charge in [0.25, 0.3) is 0 Å². The van der Waals surface area contributed by atoms with Crippen molar-refractivity contribution in [2.45, 2.75) is 40.5 Å². The Hall–Kier alpha value is -3.62. The van der Waals surface area contributed by atoms with Gasteiger partial charge in [0.1, 0.15) is 21.4 Å². The minimum Gasteiger partial charge on any atom is -0.230 e. The molecule has 0 N–H and O–H groups in total. The smallest absolute Gasteiger partial charge is 0.156 e. The third-order valence-corrected chi connectivity index (χ3v) is 8.24. The third-order valence-electron chi connectivity index (χ3n) is 6.17. The lowest BCUT2D eigenvalue weighted by molar-refractivity contribution is 0.628. The maximum atomic E-state index is 5.05. The van der Waals surface area contributed by atoms with Crippen molar-refractivity contribution in [3.63, 3.8) is 0 Å². The van der Waals surface area contributed by atoms with Crippen LogP contribution in [0.4, 0.5) is 0 Å². The van der Waals surface area contributed by atoms with Gasteiger partial charge in [0.2, 0.25) is 0 Å². The van der Waals surface area contributed by atoms with E-state index in [-0.39, 0.29) is 0 Å². The van der Waals surface area contributed by atoms with Crippen LogP contribution in [-0.4, -0.2) is 29.5 Å². The highest BCUT2D eigenvalue weighted by Gasteiger charge is 2.21. The van der Waals surface area contributed by atoms with Crippen LogP contribution in [0.5, 0.6) is 0 Å². The summed E-state index contributed by atoms with van der Waals surface area (Å²) in [5.41, 5.74) is 6.25. The number of nitrogens with zero attached hydrogens (tertiary/aromatic N) is 6. The average Bonchev–Trinajstić information content (AvgIpc) is 3.66. The Bertz CT molecular complexity index is 1520. The van der Waals surface area contributed by atoms with Gasteiger partial charge < -0.3 is 0 Å². The van der Waals surface area contributed by atoms with E-state index < -0.39 is 0 Å². The van der Waals surface area contributed by atoms with Crippen molar-refractivity contribution in [3.8, 4) is 32.8 Å². The molecule has 0 aliphatic carbocycles. The van der Waals surface area contributed by atoms with Gasteiger partial charge in [0.15, 0.2) is 9.66 Å². The van der Waals surface area contributed by atoms with Crippen molar-refractivity contribution >= 4 is 32.3 Å². The predicted molar refractivity (Wildman–Crippen MR) is 157 cm³/mol. The molecule has 0 bridgehead atoms. The van der Waals surface area contributed by atoms with Crippen LogP contribution in [0.25, 0.3) is 42.4 Å². The Morgan fingerprint density at radius 1 is 0.605 bits per heavy atom. The number of hydrogen-bond acceptors (Lipinski definition) is 6. The van der Waals surface area contributed by atoms with Crippen LogP contribution < -0.4 is 0 Å². The lowest BCUT2D eigenvalue weighted by atomic mass is 10.1. The van der Waals surface area contributed by atoms with E-state index in [2.05, 4.69) is 64.1 Å². The van der Waals surface area contributed by atoms with Crippen molar-refractivity contribution in [2.75, 3.05) is 0 Å². The van der Waals surface area contributed by atoms with E-state index in [0.29, 0.717) is 11.8 Å². The predicted octanol–water partition coefficient (Wildman–Crippen LogP) is 7.86. The third kappa shape index (κ3) is 4.93. The van der Waals surface area contributed by atoms with Crippen molar-refractivity contribution in [1.29, 1.82) is 0 Å². The summed E-state index contributed by atoms with van der Waals surface area (Å²) in [5.74, 6) is 1.06. The fourth-order valence-electron chi connectivity index (χ4n) is 4.59. The number of fused-ring (bicyclic) bond motifs is 1. The number of thiazole rings is 2. The first-order valence-corrected chi connectivity index (χ1v) is 14.6. The van der Waals surface area contributed by atoms with E-state index in [0.717, 1.165) is 66.7 Å². The number of para-hydroxylation sites is 2. The highest BCUT2D eigenvalue weighted by molar-refractivity contribution is 7.29. The first-order chi connectivity index (χ1) is 18.4. The van der Waals surface area contributed by atoms with Crippen LogP contribution in [0, 0.1) is 11.8 Å². The van der Waals surface area contributed by atoms with E-state index in [4.69, 9.17) is 20.2 Å². The summed E-state index contributed by atoms with van der Waals surface area (Å²) >= 11 is 3.25. The Kier molecular flexibility index (Phi) is 6.68. The van der Waals surface area contributed by atoms with E-state index in [9.17, 15) is 0 Å². The molecule has 0 radical (unpaired) electrons. The number of aromatic nitrogens is 6. The minimum absolute atomic E-state index is 0.529. The number of rotatable bonds is 8. The molecule has 0 saturated heterocycles. The zero-order valence-electron chi connectivity index (χ0n) is 22.0. The molecular weight excluding hydrogens is 509 g/mol. The summed E-state index contributed by atoms with van der Waals surface area (Å²) in [6.07, 6.45) is 1.86. The van der Waals surface area contributed by atoms with E-state index >= 15 is 0 Å². The van der Waals surface area contributed by atoms with Crippen molar-refractivity contribution in [3.05, 3.63) is 84.2 Å². The zero-order chi connectivity index (χ0) is 26.2. The molecule has 2 aromatic carbocycles. The molecule has 0 saturated carbocycles. The fourth-order valence-corrected chi connectivity index (χ4v) is 6.64. The van der Waals surface area contributed by atoms with Crippen LogP contribution >= 0.6 is 22.7 Å². The fraction of sp³-hybridized carbons (Fsp3) is 0.267. The van der Waals surface area contributed by atoms with Gasteiger partial charge in [-0.1, -0.05) is 86.8 Å². The maximum absolute atomic E-state index is 5.05. The summed E-state index contributed by atoms with van der Waals surface area (Å²) < 4.78 is 4.04. The second-order valence-electron chi connectivity index (χ2n) is 10.4. The molecule has 0 fully saturated rings. The molecule has 192 valence electrons. The molecule has 8 heteroatoms. The lowest BCUT2D eigenvalue weighted by Crippen LogP contribution is -2.00. The van der Waals surface area contributed by atoms with Gasteiger partial charge in [-0.15, -0.1) is 0 Å². The van der Waals surface area contributed by atoms with E-state index in [1.165, 1.54) is 0 Å². The second kappa shape index (κ2) is 10.3. The highest BCUT2D eigenvalue weighted by Crippen LogP contribution is 2.38. The van der Waals surface area contributed by atoms with Gasteiger partial charge >= 0.3 is 0 Å². The summed E-state index contributed by atoms with van der Waals surface area (Å²) in [4.78, 5) is 12.0. The first kappa shape index (κ1) is 24.7. The Balaban J connectivity index is 1.41. The van der Waals surface area contributed by atoms with Crippen molar-refractivity contribution in [1.82, 2.24) is 29.5 Å². The van der Waals surface area contributed by atoms with Crippen molar-refractivity contribution in [2.24, 2.45) is 11.8 Å². The second-order valence-corrected chi connectivity index (χ2v) is 12.3. The molecule has 6 aromatic rings. The van der Waals surface area contributed by atoms with Crippen molar-refractivity contribution < 1.29 is 0 Å².